The van der Waals surface area contributed by atoms with Gasteiger partial charge in [0.25, 0.3) is 0 Å². The first-order chi connectivity index (χ1) is 10.2. The van der Waals surface area contributed by atoms with E-state index >= 15 is 0 Å². The standard InChI is InChI=1S/C15H22N4O2.HI/c1-21-13-7-3-2-6-12(13)18-15(16)17-9-5-11-19-10-4-8-14(19)20;/h2-3,6-7H,4-5,8-11H2,1H3,(H3,16,17,18);1H. The molecule has 1 aliphatic heterocycles. The molecule has 0 saturated carbocycles. The lowest BCUT2D eigenvalue weighted by Gasteiger charge is -2.14. The van der Waals surface area contributed by atoms with E-state index in [0.29, 0.717) is 18.9 Å². The minimum absolute atomic E-state index is 0. The van der Waals surface area contributed by atoms with Crippen molar-refractivity contribution in [1.82, 2.24) is 4.90 Å². The molecule has 122 valence electrons. The molecule has 1 amide bonds. The van der Waals surface area contributed by atoms with Crippen molar-refractivity contribution in [3.8, 4) is 5.75 Å². The van der Waals surface area contributed by atoms with Crippen molar-refractivity contribution in [2.24, 2.45) is 10.7 Å². The number of aliphatic imine (C=N–C) groups is 1. The van der Waals surface area contributed by atoms with Gasteiger partial charge in [-0.05, 0) is 25.0 Å². The van der Waals surface area contributed by atoms with Gasteiger partial charge in [0.1, 0.15) is 5.75 Å². The fourth-order valence-corrected chi connectivity index (χ4v) is 2.33. The second-order valence-electron chi connectivity index (χ2n) is 4.93. The molecule has 0 radical (unpaired) electrons. The molecule has 2 rings (SSSR count). The highest BCUT2D eigenvalue weighted by Crippen LogP contribution is 2.22. The van der Waals surface area contributed by atoms with Gasteiger partial charge < -0.3 is 20.7 Å². The van der Waals surface area contributed by atoms with Gasteiger partial charge in [0.05, 0.1) is 12.8 Å². The van der Waals surface area contributed by atoms with Crippen LogP contribution >= 0.6 is 24.0 Å². The number of anilines is 1. The first-order valence-electron chi connectivity index (χ1n) is 7.18. The van der Waals surface area contributed by atoms with E-state index in [1.54, 1.807) is 7.11 Å². The molecular formula is C15H23IN4O2. The van der Waals surface area contributed by atoms with E-state index in [0.717, 1.165) is 37.4 Å². The zero-order valence-corrected chi connectivity index (χ0v) is 15.1. The van der Waals surface area contributed by atoms with Gasteiger partial charge in [-0.2, -0.15) is 0 Å². The first-order valence-corrected chi connectivity index (χ1v) is 7.18. The SMILES string of the molecule is COc1ccccc1NC(N)=NCCCN1CCCC1=O.I. The number of benzene rings is 1. The number of guanidine groups is 1. The summed E-state index contributed by atoms with van der Waals surface area (Å²) in [6.45, 7) is 2.22. The number of carbonyl (C=O) groups excluding carboxylic acids is 1. The summed E-state index contributed by atoms with van der Waals surface area (Å²) in [7, 11) is 1.61. The number of hydrogen-bond donors (Lipinski definition) is 2. The van der Waals surface area contributed by atoms with Gasteiger partial charge in [-0.3, -0.25) is 9.79 Å². The van der Waals surface area contributed by atoms with Crippen LogP contribution in [0.15, 0.2) is 29.3 Å². The maximum Gasteiger partial charge on any atom is 0.222 e. The number of likely N-dealkylation sites (tertiary alicyclic amines) is 1. The van der Waals surface area contributed by atoms with E-state index in [1.165, 1.54) is 0 Å². The molecule has 0 aliphatic carbocycles. The maximum atomic E-state index is 11.5. The van der Waals surface area contributed by atoms with E-state index in [2.05, 4.69) is 10.3 Å². The van der Waals surface area contributed by atoms with E-state index in [9.17, 15) is 4.79 Å². The molecule has 1 aromatic rings. The lowest BCUT2D eigenvalue weighted by molar-refractivity contribution is -0.127. The topological polar surface area (TPSA) is 80.0 Å². The number of rotatable bonds is 6. The molecule has 0 aromatic heterocycles. The van der Waals surface area contributed by atoms with Crippen molar-refractivity contribution in [3.63, 3.8) is 0 Å². The van der Waals surface area contributed by atoms with Crippen LogP contribution in [0, 0.1) is 0 Å². The zero-order chi connectivity index (χ0) is 15.1. The Morgan fingerprint density at radius 1 is 1.45 bits per heavy atom. The van der Waals surface area contributed by atoms with Crippen LogP contribution in [0.25, 0.3) is 0 Å². The Morgan fingerprint density at radius 2 is 2.23 bits per heavy atom. The number of nitrogens with zero attached hydrogens (tertiary/aromatic N) is 2. The van der Waals surface area contributed by atoms with Crippen LogP contribution in [0.5, 0.6) is 5.75 Å². The van der Waals surface area contributed by atoms with Gasteiger partial charge in [-0.1, -0.05) is 12.1 Å². The number of ether oxygens (including phenoxy) is 1. The Hall–Kier alpha value is -1.51. The van der Waals surface area contributed by atoms with Crippen molar-refractivity contribution >= 4 is 41.5 Å². The van der Waals surface area contributed by atoms with Crippen molar-refractivity contribution in [2.45, 2.75) is 19.3 Å². The number of para-hydroxylation sites is 2. The summed E-state index contributed by atoms with van der Waals surface area (Å²) in [5.41, 5.74) is 6.64. The average Bonchev–Trinajstić information content (AvgIpc) is 2.89. The molecule has 22 heavy (non-hydrogen) atoms. The molecule has 6 nitrogen and oxygen atoms in total. The third-order valence-electron chi connectivity index (χ3n) is 3.41. The second kappa shape index (κ2) is 9.50. The molecule has 1 aliphatic rings. The highest BCUT2D eigenvalue weighted by atomic mass is 127. The summed E-state index contributed by atoms with van der Waals surface area (Å²) < 4.78 is 5.23. The Labute approximate surface area is 148 Å². The molecule has 1 heterocycles. The van der Waals surface area contributed by atoms with Crippen LogP contribution < -0.4 is 15.8 Å². The minimum Gasteiger partial charge on any atom is -0.495 e. The van der Waals surface area contributed by atoms with Gasteiger partial charge in [-0.15, -0.1) is 24.0 Å². The van der Waals surface area contributed by atoms with E-state index in [4.69, 9.17) is 10.5 Å². The molecule has 0 bridgehead atoms. The minimum atomic E-state index is 0. The number of amides is 1. The van der Waals surface area contributed by atoms with Gasteiger partial charge in [0.15, 0.2) is 5.96 Å². The van der Waals surface area contributed by atoms with Crippen LogP contribution in [0.2, 0.25) is 0 Å². The number of halogens is 1. The Bertz CT molecular complexity index is 522. The Morgan fingerprint density at radius 3 is 2.91 bits per heavy atom. The van der Waals surface area contributed by atoms with Crippen molar-refractivity contribution in [3.05, 3.63) is 24.3 Å². The van der Waals surface area contributed by atoms with Gasteiger partial charge in [0.2, 0.25) is 5.91 Å². The molecule has 3 N–H and O–H groups in total. The fraction of sp³-hybridized carbons (Fsp3) is 0.467. The summed E-state index contributed by atoms with van der Waals surface area (Å²) in [4.78, 5) is 17.6. The van der Waals surface area contributed by atoms with Crippen LogP contribution in [0.1, 0.15) is 19.3 Å². The van der Waals surface area contributed by atoms with Gasteiger partial charge >= 0.3 is 0 Å². The van der Waals surface area contributed by atoms with Crippen LogP contribution in [0.4, 0.5) is 5.69 Å². The number of nitrogens with one attached hydrogen (secondary N) is 1. The number of carbonyl (C=O) groups is 1. The molecule has 7 heteroatoms. The van der Waals surface area contributed by atoms with Crippen LogP contribution in [0.3, 0.4) is 0 Å². The normalized spacial score (nSPS) is 14.7. The lowest BCUT2D eigenvalue weighted by Crippen LogP contribution is -2.27. The largest absolute Gasteiger partial charge is 0.495 e. The van der Waals surface area contributed by atoms with Crippen molar-refractivity contribution in [2.75, 3.05) is 32.1 Å². The zero-order valence-electron chi connectivity index (χ0n) is 12.7. The van der Waals surface area contributed by atoms with Crippen molar-refractivity contribution in [1.29, 1.82) is 0 Å². The highest BCUT2D eigenvalue weighted by molar-refractivity contribution is 14.0. The second-order valence-corrected chi connectivity index (χ2v) is 4.93. The molecule has 1 saturated heterocycles. The third kappa shape index (κ3) is 5.36. The summed E-state index contributed by atoms with van der Waals surface area (Å²) in [6, 6.07) is 7.53. The summed E-state index contributed by atoms with van der Waals surface area (Å²) in [5.74, 6) is 1.32. The number of hydrogen-bond acceptors (Lipinski definition) is 3. The first kappa shape index (κ1) is 18.5. The predicted octanol–water partition coefficient (Wildman–Crippen LogP) is 2.05. The quantitative estimate of drug-likeness (QED) is 0.321. The molecule has 0 unspecified atom stereocenters. The smallest absolute Gasteiger partial charge is 0.222 e. The fourth-order valence-electron chi connectivity index (χ4n) is 2.33. The van der Waals surface area contributed by atoms with Crippen molar-refractivity contribution < 1.29 is 9.53 Å². The molecule has 0 spiro atoms. The maximum absolute atomic E-state index is 11.5. The molecule has 1 fully saturated rings. The average molecular weight is 418 g/mol. The molecule has 1 aromatic carbocycles. The number of nitrogens with two attached hydrogens (primary N) is 1. The third-order valence-corrected chi connectivity index (χ3v) is 3.41. The summed E-state index contributed by atoms with van der Waals surface area (Å²) in [6.07, 6.45) is 2.47. The van der Waals surface area contributed by atoms with E-state index < -0.39 is 0 Å². The lowest BCUT2D eigenvalue weighted by atomic mass is 10.3. The highest BCUT2D eigenvalue weighted by Gasteiger charge is 2.18. The van der Waals surface area contributed by atoms with E-state index in [1.807, 2.05) is 29.2 Å². The predicted molar refractivity (Wildman–Crippen MR) is 99.0 cm³/mol. The Balaban J connectivity index is 0.00000242. The molecular weight excluding hydrogens is 395 g/mol. The van der Waals surface area contributed by atoms with E-state index in [-0.39, 0.29) is 29.9 Å². The monoisotopic (exact) mass is 418 g/mol. The summed E-state index contributed by atoms with van der Waals surface area (Å²) in [5, 5.41) is 3.02. The van der Waals surface area contributed by atoms with Gasteiger partial charge in [-0.25, -0.2) is 0 Å². The van der Waals surface area contributed by atoms with Crippen LogP contribution in [-0.4, -0.2) is 43.5 Å². The Kier molecular flexibility index (Phi) is 8.00. The molecule has 0 atom stereocenters. The number of methoxy groups -OCH3 is 1. The van der Waals surface area contributed by atoms with Crippen LogP contribution in [-0.2, 0) is 4.79 Å². The van der Waals surface area contributed by atoms with Gasteiger partial charge in [0, 0.05) is 26.1 Å². The summed E-state index contributed by atoms with van der Waals surface area (Å²) >= 11 is 0.